The van der Waals surface area contributed by atoms with Crippen molar-refractivity contribution in [2.75, 3.05) is 5.32 Å². The van der Waals surface area contributed by atoms with E-state index in [9.17, 15) is 4.79 Å². The van der Waals surface area contributed by atoms with E-state index in [4.69, 9.17) is 5.73 Å². The van der Waals surface area contributed by atoms with Gasteiger partial charge in [-0.25, -0.2) is 4.68 Å². The summed E-state index contributed by atoms with van der Waals surface area (Å²) >= 11 is 0. The van der Waals surface area contributed by atoms with Gasteiger partial charge in [-0.1, -0.05) is 36.8 Å². The fourth-order valence-electron chi connectivity index (χ4n) is 3.38. The van der Waals surface area contributed by atoms with Gasteiger partial charge in [-0.3, -0.25) is 4.79 Å². The van der Waals surface area contributed by atoms with Gasteiger partial charge in [0.15, 0.2) is 0 Å². The minimum absolute atomic E-state index is 0. The van der Waals surface area contributed by atoms with E-state index in [1.807, 2.05) is 41.1 Å². The topological polar surface area (TPSA) is 72.9 Å². The normalized spacial score (nSPS) is 19.7. The molecule has 0 aliphatic heterocycles. The molecule has 1 aromatic carbocycles. The van der Waals surface area contributed by atoms with E-state index in [2.05, 4.69) is 24.3 Å². The first-order chi connectivity index (χ1) is 11.5. The predicted octanol–water partition coefficient (Wildman–Crippen LogP) is 4.01. The molecular formula is C19H27ClN4O. The molecule has 5 nitrogen and oxygen atoms in total. The lowest BCUT2D eigenvalue weighted by atomic mass is 10.00. The SMILES string of the molecule is CC(C)n1nc(-c2ccccc2)cc1NC(=O)C[C@@H]1CCC[C@H]1N.Cl. The highest BCUT2D eigenvalue weighted by molar-refractivity contribution is 5.90. The fourth-order valence-corrected chi connectivity index (χ4v) is 3.38. The maximum absolute atomic E-state index is 12.4. The Bertz CT molecular complexity index is 699. The van der Waals surface area contributed by atoms with Gasteiger partial charge in [-0.15, -0.1) is 12.4 Å². The summed E-state index contributed by atoms with van der Waals surface area (Å²) in [7, 11) is 0. The van der Waals surface area contributed by atoms with Crippen molar-refractivity contribution in [3.8, 4) is 11.3 Å². The monoisotopic (exact) mass is 362 g/mol. The van der Waals surface area contributed by atoms with Gasteiger partial charge in [0.05, 0.1) is 5.69 Å². The van der Waals surface area contributed by atoms with Crippen LogP contribution in [-0.2, 0) is 4.79 Å². The van der Waals surface area contributed by atoms with Crippen molar-refractivity contribution >= 4 is 24.1 Å². The number of nitrogens with one attached hydrogen (secondary N) is 1. The Morgan fingerprint density at radius 2 is 2.04 bits per heavy atom. The molecule has 6 heteroatoms. The molecule has 1 saturated carbocycles. The third kappa shape index (κ3) is 4.61. The highest BCUT2D eigenvalue weighted by Gasteiger charge is 2.26. The molecule has 1 aliphatic carbocycles. The Hall–Kier alpha value is -1.85. The Morgan fingerprint density at radius 1 is 1.32 bits per heavy atom. The van der Waals surface area contributed by atoms with Crippen LogP contribution in [0.4, 0.5) is 5.82 Å². The molecule has 0 radical (unpaired) electrons. The second kappa shape index (κ2) is 8.50. The van der Waals surface area contributed by atoms with E-state index < -0.39 is 0 Å². The van der Waals surface area contributed by atoms with Crippen LogP contribution < -0.4 is 11.1 Å². The zero-order valence-corrected chi connectivity index (χ0v) is 15.6. The van der Waals surface area contributed by atoms with E-state index in [1.165, 1.54) is 0 Å². The molecule has 0 saturated heterocycles. The van der Waals surface area contributed by atoms with E-state index in [0.29, 0.717) is 12.3 Å². The first-order valence-corrected chi connectivity index (χ1v) is 8.75. The summed E-state index contributed by atoms with van der Waals surface area (Å²) in [5, 5.41) is 7.69. The van der Waals surface area contributed by atoms with Crippen LogP contribution in [0.2, 0.25) is 0 Å². The number of carbonyl (C=O) groups is 1. The van der Waals surface area contributed by atoms with Crippen LogP contribution in [0.15, 0.2) is 36.4 Å². The maximum atomic E-state index is 12.4. The van der Waals surface area contributed by atoms with Gasteiger partial charge in [-0.05, 0) is 32.6 Å². The highest BCUT2D eigenvalue weighted by Crippen LogP contribution is 2.28. The largest absolute Gasteiger partial charge is 0.327 e. The smallest absolute Gasteiger partial charge is 0.225 e. The van der Waals surface area contributed by atoms with Crippen molar-refractivity contribution in [1.29, 1.82) is 0 Å². The number of anilines is 1. The Labute approximate surface area is 155 Å². The minimum Gasteiger partial charge on any atom is -0.327 e. The van der Waals surface area contributed by atoms with Crippen LogP contribution in [0.5, 0.6) is 0 Å². The minimum atomic E-state index is 0. The number of amides is 1. The molecule has 0 unspecified atom stereocenters. The summed E-state index contributed by atoms with van der Waals surface area (Å²) < 4.78 is 1.87. The molecular weight excluding hydrogens is 336 g/mol. The first-order valence-electron chi connectivity index (χ1n) is 8.75. The molecule has 1 aromatic heterocycles. The van der Waals surface area contributed by atoms with Crippen molar-refractivity contribution in [2.24, 2.45) is 11.7 Å². The quantitative estimate of drug-likeness (QED) is 0.844. The Balaban J connectivity index is 0.00000225. The average Bonchev–Trinajstić information content (AvgIpc) is 3.15. The van der Waals surface area contributed by atoms with Crippen LogP contribution in [-0.4, -0.2) is 21.7 Å². The summed E-state index contributed by atoms with van der Waals surface area (Å²) in [5.41, 5.74) is 8.00. The lowest BCUT2D eigenvalue weighted by molar-refractivity contribution is -0.117. The molecule has 0 spiro atoms. The number of benzene rings is 1. The number of carbonyl (C=O) groups excluding carboxylic acids is 1. The van der Waals surface area contributed by atoms with Crippen molar-refractivity contribution < 1.29 is 4.79 Å². The molecule has 3 rings (SSSR count). The summed E-state index contributed by atoms with van der Waals surface area (Å²) in [5.74, 6) is 1.08. The van der Waals surface area contributed by atoms with Crippen molar-refractivity contribution in [3.05, 3.63) is 36.4 Å². The second-order valence-electron chi connectivity index (χ2n) is 6.93. The molecule has 1 heterocycles. The zero-order chi connectivity index (χ0) is 17.1. The van der Waals surface area contributed by atoms with Gasteiger partial charge in [-0.2, -0.15) is 5.10 Å². The molecule has 1 aliphatic rings. The van der Waals surface area contributed by atoms with Crippen LogP contribution in [0.3, 0.4) is 0 Å². The summed E-state index contributed by atoms with van der Waals surface area (Å²) in [6.45, 7) is 4.12. The first kappa shape index (κ1) is 19.5. The Kier molecular flexibility index (Phi) is 6.62. The molecule has 136 valence electrons. The van der Waals surface area contributed by atoms with Crippen LogP contribution in [0.1, 0.15) is 45.6 Å². The second-order valence-corrected chi connectivity index (χ2v) is 6.93. The molecule has 1 amide bonds. The summed E-state index contributed by atoms with van der Waals surface area (Å²) in [4.78, 5) is 12.4. The van der Waals surface area contributed by atoms with Crippen molar-refractivity contribution in [1.82, 2.24) is 9.78 Å². The standard InChI is InChI=1S/C19H26N4O.ClH/c1-13(2)23-18(12-17(22-23)14-7-4-3-5-8-14)21-19(24)11-15-9-6-10-16(15)20;/h3-5,7-8,12-13,15-16H,6,9-11,20H2,1-2H3,(H,21,24);1H/t15-,16+;/m0./s1. The average molecular weight is 363 g/mol. The Morgan fingerprint density at radius 3 is 2.64 bits per heavy atom. The number of rotatable bonds is 5. The number of halogens is 1. The lowest BCUT2D eigenvalue weighted by Gasteiger charge is -2.16. The van der Waals surface area contributed by atoms with Crippen LogP contribution in [0.25, 0.3) is 11.3 Å². The third-order valence-corrected chi connectivity index (χ3v) is 4.73. The third-order valence-electron chi connectivity index (χ3n) is 4.73. The summed E-state index contributed by atoms with van der Waals surface area (Å²) in [6, 6.07) is 12.3. The van der Waals surface area contributed by atoms with Gasteiger partial charge >= 0.3 is 0 Å². The van der Waals surface area contributed by atoms with E-state index in [-0.39, 0.29) is 30.4 Å². The number of nitrogens with zero attached hydrogens (tertiary/aromatic N) is 2. The lowest BCUT2D eigenvalue weighted by Crippen LogP contribution is -2.28. The summed E-state index contributed by atoms with van der Waals surface area (Å²) in [6.07, 6.45) is 3.69. The number of hydrogen-bond donors (Lipinski definition) is 2. The van der Waals surface area contributed by atoms with Crippen LogP contribution >= 0.6 is 12.4 Å². The number of aromatic nitrogens is 2. The van der Waals surface area contributed by atoms with Crippen molar-refractivity contribution in [3.63, 3.8) is 0 Å². The zero-order valence-electron chi connectivity index (χ0n) is 14.8. The van der Waals surface area contributed by atoms with Gasteiger partial charge in [0.1, 0.15) is 5.82 Å². The van der Waals surface area contributed by atoms with Gasteiger partial charge in [0.2, 0.25) is 5.91 Å². The predicted molar refractivity (Wildman–Crippen MR) is 104 cm³/mol. The van der Waals surface area contributed by atoms with Crippen LogP contribution in [0, 0.1) is 5.92 Å². The van der Waals surface area contributed by atoms with Gasteiger partial charge in [0, 0.05) is 30.1 Å². The van der Waals surface area contributed by atoms with E-state index in [0.717, 1.165) is 36.3 Å². The number of hydrogen-bond acceptors (Lipinski definition) is 3. The van der Waals surface area contributed by atoms with E-state index >= 15 is 0 Å². The molecule has 2 aromatic rings. The molecule has 2 atom stereocenters. The fraction of sp³-hybridized carbons (Fsp3) is 0.474. The molecule has 25 heavy (non-hydrogen) atoms. The number of nitrogens with two attached hydrogens (primary N) is 1. The van der Waals surface area contributed by atoms with Crippen molar-refractivity contribution in [2.45, 2.75) is 51.6 Å². The van der Waals surface area contributed by atoms with E-state index in [1.54, 1.807) is 0 Å². The molecule has 0 bridgehead atoms. The molecule has 3 N–H and O–H groups in total. The molecule has 1 fully saturated rings. The maximum Gasteiger partial charge on any atom is 0.225 e. The van der Waals surface area contributed by atoms with Gasteiger partial charge < -0.3 is 11.1 Å². The highest BCUT2D eigenvalue weighted by atomic mass is 35.5. The van der Waals surface area contributed by atoms with Gasteiger partial charge in [0.25, 0.3) is 0 Å².